The quantitative estimate of drug-likeness (QED) is 0.521. The predicted molar refractivity (Wildman–Crippen MR) is 74.3 cm³/mol. The second kappa shape index (κ2) is 5.63. The van der Waals surface area contributed by atoms with Crippen LogP contribution in [0.1, 0.15) is 21.7 Å². The molecule has 3 nitrogen and oxygen atoms in total. The zero-order chi connectivity index (χ0) is 17.5. The number of carbonyl (C=O) groups excluding carboxylic acids is 1. The van der Waals surface area contributed by atoms with E-state index < -0.39 is 40.5 Å². The number of hydrogen-bond donors (Lipinski definition) is 0. The monoisotopic (exact) mass is 338 g/mol. The summed E-state index contributed by atoms with van der Waals surface area (Å²) in [5.74, 6) is -3.66. The summed E-state index contributed by atoms with van der Waals surface area (Å²) in [6.07, 6.45) is -4.98. The maximum atomic E-state index is 13.3. The van der Waals surface area contributed by atoms with Gasteiger partial charge in [-0.05, 0) is 0 Å². The van der Waals surface area contributed by atoms with Crippen molar-refractivity contribution >= 4 is 16.8 Å². The van der Waals surface area contributed by atoms with Crippen LogP contribution in [0.3, 0.4) is 0 Å². The molecular formula is C16H7F5N2O. The van der Waals surface area contributed by atoms with Crippen molar-refractivity contribution in [1.29, 1.82) is 0 Å². The first-order chi connectivity index (χ1) is 11.3. The van der Waals surface area contributed by atoms with E-state index in [0.717, 1.165) is 0 Å². The largest absolute Gasteiger partial charge is 0.435 e. The van der Waals surface area contributed by atoms with Crippen molar-refractivity contribution in [2.24, 2.45) is 0 Å². The highest BCUT2D eigenvalue weighted by molar-refractivity contribution is 6.09. The van der Waals surface area contributed by atoms with Gasteiger partial charge < -0.3 is 0 Å². The molecule has 0 N–H and O–H groups in total. The van der Waals surface area contributed by atoms with Crippen molar-refractivity contribution in [3.05, 3.63) is 71.1 Å². The van der Waals surface area contributed by atoms with Crippen LogP contribution in [0.5, 0.6) is 0 Å². The Balaban J connectivity index is 2.28. The number of alkyl halides is 3. The lowest BCUT2D eigenvalue weighted by molar-refractivity contribution is -0.141. The highest BCUT2D eigenvalue weighted by atomic mass is 19.4. The highest BCUT2D eigenvalue weighted by Crippen LogP contribution is 2.32. The van der Waals surface area contributed by atoms with Crippen LogP contribution >= 0.6 is 0 Å². The molecule has 3 aromatic rings. The van der Waals surface area contributed by atoms with E-state index in [1.165, 1.54) is 24.3 Å². The average Bonchev–Trinajstić information content (AvgIpc) is 2.54. The zero-order valence-corrected chi connectivity index (χ0v) is 11.7. The molecule has 8 heteroatoms. The zero-order valence-electron chi connectivity index (χ0n) is 11.7. The Morgan fingerprint density at radius 1 is 0.875 bits per heavy atom. The number of rotatable bonds is 2. The van der Waals surface area contributed by atoms with E-state index in [0.29, 0.717) is 12.1 Å². The molecule has 1 aromatic heterocycles. The summed E-state index contributed by atoms with van der Waals surface area (Å²) in [6.45, 7) is 0. The van der Waals surface area contributed by atoms with Crippen LogP contribution in [0.2, 0.25) is 0 Å². The summed E-state index contributed by atoms with van der Waals surface area (Å²) in [5, 5.41) is 0. The minimum Gasteiger partial charge on any atom is -0.287 e. The van der Waals surface area contributed by atoms with Gasteiger partial charge in [0.1, 0.15) is 5.69 Å². The molecule has 24 heavy (non-hydrogen) atoms. The van der Waals surface area contributed by atoms with E-state index in [1.807, 2.05) is 0 Å². The van der Waals surface area contributed by atoms with Gasteiger partial charge in [-0.3, -0.25) is 4.79 Å². The van der Waals surface area contributed by atoms with Gasteiger partial charge in [-0.1, -0.05) is 30.3 Å². The lowest BCUT2D eigenvalue weighted by Gasteiger charge is -2.12. The smallest absolute Gasteiger partial charge is 0.287 e. The minimum absolute atomic E-state index is 0.0285. The number of hydrogen-bond acceptors (Lipinski definition) is 3. The summed E-state index contributed by atoms with van der Waals surface area (Å²) in [5.41, 5.74) is -3.38. The molecular weight excluding hydrogens is 331 g/mol. The molecule has 0 spiro atoms. The molecule has 0 amide bonds. The first-order valence-corrected chi connectivity index (χ1v) is 6.61. The number of carbonyl (C=O) groups is 1. The van der Waals surface area contributed by atoms with Gasteiger partial charge in [-0.2, -0.15) is 13.2 Å². The first kappa shape index (κ1) is 16.0. The Kier molecular flexibility index (Phi) is 3.75. The van der Waals surface area contributed by atoms with Gasteiger partial charge in [0, 0.05) is 17.7 Å². The Hall–Kier alpha value is -2.90. The van der Waals surface area contributed by atoms with Gasteiger partial charge in [0.15, 0.2) is 17.3 Å². The minimum atomic E-state index is -4.98. The summed E-state index contributed by atoms with van der Waals surface area (Å²) in [4.78, 5) is 19.2. The maximum absolute atomic E-state index is 13.3. The molecule has 0 aliphatic rings. The van der Waals surface area contributed by atoms with Crippen molar-refractivity contribution < 1.29 is 26.7 Å². The molecule has 1 heterocycles. The fourth-order valence-corrected chi connectivity index (χ4v) is 2.13. The van der Waals surface area contributed by atoms with Gasteiger partial charge in [-0.15, -0.1) is 0 Å². The van der Waals surface area contributed by atoms with Crippen LogP contribution in [0.4, 0.5) is 22.0 Å². The molecule has 0 radical (unpaired) electrons. The SMILES string of the molecule is O=C(c1ccccc1)c1nc2cc(F)c(F)cc2nc1C(F)(F)F. The van der Waals surface area contributed by atoms with Crippen LogP contribution in [-0.4, -0.2) is 15.8 Å². The van der Waals surface area contributed by atoms with Gasteiger partial charge in [-0.25, -0.2) is 18.7 Å². The Bertz CT molecular complexity index is 939. The van der Waals surface area contributed by atoms with E-state index >= 15 is 0 Å². The number of halogens is 5. The topological polar surface area (TPSA) is 42.9 Å². The normalized spacial score (nSPS) is 11.7. The maximum Gasteiger partial charge on any atom is 0.435 e. The molecule has 0 fully saturated rings. The van der Waals surface area contributed by atoms with Crippen LogP contribution in [0.25, 0.3) is 11.0 Å². The number of benzene rings is 2. The van der Waals surface area contributed by atoms with Crippen molar-refractivity contribution in [3.63, 3.8) is 0 Å². The molecule has 0 unspecified atom stereocenters. The van der Waals surface area contributed by atoms with Crippen LogP contribution in [0.15, 0.2) is 42.5 Å². The molecule has 0 aliphatic carbocycles. The third-order valence-corrected chi connectivity index (χ3v) is 3.23. The Morgan fingerprint density at radius 2 is 1.42 bits per heavy atom. The van der Waals surface area contributed by atoms with E-state index in [4.69, 9.17) is 0 Å². The molecule has 3 rings (SSSR count). The van der Waals surface area contributed by atoms with Gasteiger partial charge in [0.2, 0.25) is 5.78 Å². The van der Waals surface area contributed by atoms with Crippen molar-refractivity contribution in [3.8, 4) is 0 Å². The standard InChI is InChI=1S/C16H7F5N2O/c17-9-6-11-12(7-10(9)18)23-15(16(19,20)21)13(22-11)14(24)8-4-2-1-3-5-8/h1-7H. The number of aromatic nitrogens is 2. The Labute approximate surface area is 131 Å². The average molecular weight is 338 g/mol. The Morgan fingerprint density at radius 3 is 1.96 bits per heavy atom. The molecule has 0 bridgehead atoms. The highest BCUT2D eigenvalue weighted by Gasteiger charge is 2.39. The van der Waals surface area contributed by atoms with Crippen molar-refractivity contribution in [1.82, 2.24) is 9.97 Å². The fraction of sp³-hybridized carbons (Fsp3) is 0.0625. The third-order valence-electron chi connectivity index (χ3n) is 3.23. The first-order valence-electron chi connectivity index (χ1n) is 6.61. The fourth-order valence-electron chi connectivity index (χ4n) is 2.13. The second-order valence-corrected chi connectivity index (χ2v) is 4.87. The second-order valence-electron chi connectivity index (χ2n) is 4.87. The van der Waals surface area contributed by atoms with Gasteiger partial charge in [0.05, 0.1) is 11.0 Å². The van der Waals surface area contributed by atoms with Crippen LogP contribution < -0.4 is 0 Å². The molecule has 0 saturated heterocycles. The molecule has 2 aromatic carbocycles. The van der Waals surface area contributed by atoms with Crippen molar-refractivity contribution in [2.75, 3.05) is 0 Å². The lowest BCUT2D eigenvalue weighted by atomic mass is 10.1. The third kappa shape index (κ3) is 2.82. The number of ketones is 1. The van der Waals surface area contributed by atoms with Crippen molar-refractivity contribution in [2.45, 2.75) is 6.18 Å². The summed E-state index contributed by atoms with van der Waals surface area (Å²) in [7, 11) is 0. The summed E-state index contributed by atoms with van der Waals surface area (Å²) < 4.78 is 66.1. The van der Waals surface area contributed by atoms with E-state index in [2.05, 4.69) is 9.97 Å². The molecule has 0 saturated carbocycles. The van der Waals surface area contributed by atoms with E-state index in [-0.39, 0.29) is 11.1 Å². The van der Waals surface area contributed by atoms with Crippen LogP contribution in [-0.2, 0) is 6.18 Å². The molecule has 122 valence electrons. The lowest BCUT2D eigenvalue weighted by Crippen LogP contribution is -2.18. The predicted octanol–water partition coefficient (Wildman–Crippen LogP) is 4.16. The van der Waals surface area contributed by atoms with Gasteiger partial charge >= 0.3 is 6.18 Å². The number of nitrogens with zero attached hydrogens (tertiary/aromatic N) is 2. The summed E-state index contributed by atoms with van der Waals surface area (Å²) in [6, 6.07) is 8.28. The van der Waals surface area contributed by atoms with Crippen LogP contribution in [0, 0.1) is 11.6 Å². The van der Waals surface area contributed by atoms with Gasteiger partial charge in [0.25, 0.3) is 0 Å². The molecule has 0 aliphatic heterocycles. The van der Waals surface area contributed by atoms with E-state index in [9.17, 15) is 26.7 Å². The number of fused-ring (bicyclic) bond motifs is 1. The summed E-state index contributed by atoms with van der Waals surface area (Å²) >= 11 is 0. The molecule has 0 atom stereocenters. The van der Waals surface area contributed by atoms with E-state index in [1.54, 1.807) is 6.07 Å².